The molecule has 1 heterocycles. The van der Waals surface area contributed by atoms with E-state index in [1.165, 1.54) is 0 Å². The first-order valence-corrected chi connectivity index (χ1v) is 6.20. The standard InChI is InChI=1S/C13H18N2O3/c1-10-2-3-11(13(8-10)15(17)18)9-14-6-4-12(16)5-7-14/h2-3,8,12,16H,4-7,9H2,1H3. The van der Waals surface area contributed by atoms with Crippen LogP contribution < -0.4 is 0 Å². The second kappa shape index (κ2) is 5.46. The second-order valence-electron chi connectivity index (χ2n) is 4.90. The first kappa shape index (κ1) is 13.0. The van der Waals surface area contributed by atoms with Gasteiger partial charge in [-0.2, -0.15) is 0 Å². The molecule has 1 aliphatic rings. The first-order valence-electron chi connectivity index (χ1n) is 6.20. The van der Waals surface area contributed by atoms with E-state index in [1.54, 1.807) is 6.07 Å². The van der Waals surface area contributed by atoms with Gasteiger partial charge in [0.1, 0.15) is 0 Å². The minimum atomic E-state index is -0.318. The van der Waals surface area contributed by atoms with Gasteiger partial charge in [-0.15, -0.1) is 0 Å². The van der Waals surface area contributed by atoms with Crippen LogP contribution in [0.1, 0.15) is 24.0 Å². The van der Waals surface area contributed by atoms with Crippen LogP contribution in [0, 0.1) is 17.0 Å². The van der Waals surface area contributed by atoms with Gasteiger partial charge in [0, 0.05) is 31.3 Å². The molecule has 1 aliphatic heterocycles. The zero-order valence-electron chi connectivity index (χ0n) is 10.5. The molecule has 5 nitrogen and oxygen atoms in total. The Morgan fingerprint density at radius 2 is 2.11 bits per heavy atom. The summed E-state index contributed by atoms with van der Waals surface area (Å²) in [6, 6.07) is 5.35. The van der Waals surface area contributed by atoms with Gasteiger partial charge >= 0.3 is 0 Å². The van der Waals surface area contributed by atoms with Crippen molar-refractivity contribution in [1.29, 1.82) is 0 Å². The predicted octanol–water partition coefficient (Wildman–Crippen LogP) is 1.86. The average molecular weight is 250 g/mol. The summed E-state index contributed by atoms with van der Waals surface area (Å²) < 4.78 is 0. The molecule has 0 atom stereocenters. The summed E-state index contributed by atoms with van der Waals surface area (Å²) in [6.07, 6.45) is 1.29. The summed E-state index contributed by atoms with van der Waals surface area (Å²) in [6.45, 7) is 4.04. The van der Waals surface area contributed by atoms with E-state index in [0.717, 1.165) is 37.1 Å². The molecule has 1 aromatic rings. The number of aliphatic hydroxyl groups is 1. The number of hydrogen-bond acceptors (Lipinski definition) is 4. The van der Waals surface area contributed by atoms with E-state index in [1.807, 2.05) is 19.1 Å². The third kappa shape index (κ3) is 3.05. The van der Waals surface area contributed by atoms with Crippen LogP contribution in [-0.2, 0) is 6.54 Å². The SMILES string of the molecule is Cc1ccc(CN2CCC(O)CC2)c([N+](=O)[O-])c1. The molecular weight excluding hydrogens is 232 g/mol. The highest BCUT2D eigenvalue weighted by Crippen LogP contribution is 2.23. The van der Waals surface area contributed by atoms with Crippen LogP contribution >= 0.6 is 0 Å². The number of nitro benzene ring substituents is 1. The number of aryl methyl sites for hydroxylation is 1. The van der Waals surface area contributed by atoms with Gasteiger partial charge in [-0.05, 0) is 25.3 Å². The molecule has 0 saturated carbocycles. The number of aliphatic hydroxyl groups excluding tert-OH is 1. The molecule has 18 heavy (non-hydrogen) atoms. The third-order valence-electron chi connectivity index (χ3n) is 3.39. The monoisotopic (exact) mass is 250 g/mol. The number of nitro groups is 1. The summed E-state index contributed by atoms with van der Waals surface area (Å²) in [5, 5.41) is 20.5. The summed E-state index contributed by atoms with van der Waals surface area (Å²) in [4.78, 5) is 12.9. The Morgan fingerprint density at radius 1 is 1.44 bits per heavy atom. The molecule has 1 aromatic carbocycles. The van der Waals surface area contributed by atoms with Gasteiger partial charge in [0.15, 0.2) is 0 Å². The van der Waals surface area contributed by atoms with Gasteiger partial charge < -0.3 is 5.11 Å². The molecule has 0 unspecified atom stereocenters. The predicted molar refractivity (Wildman–Crippen MR) is 68.4 cm³/mol. The fourth-order valence-corrected chi connectivity index (χ4v) is 2.30. The van der Waals surface area contributed by atoms with E-state index in [0.29, 0.717) is 6.54 Å². The quantitative estimate of drug-likeness (QED) is 0.657. The molecule has 1 fully saturated rings. The lowest BCUT2D eigenvalue weighted by Crippen LogP contribution is -2.35. The Hall–Kier alpha value is -1.46. The van der Waals surface area contributed by atoms with Gasteiger partial charge in [0.2, 0.25) is 0 Å². The second-order valence-corrected chi connectivity index (χ2v) is 4.90. The van der Waals surface area contributed by atoms with Crippen molar-refractivity contribution in [2.75, 3.05) is 13.1 Å². The lowest BCUT2D eigenvalue weighted by Gasteiger charge is -2.29. The van der Waals surface area contributed by atoms with Crippen LogP contribution in [0.2, 0.25) is 0 Å². The third-order valence-corrected chi connectivity index (χ3v) is 3.39. The molecule has 0 aromatic heterocycles. The Balaban J connectivity index is 2.11. The van der Waals surface area contributed by atoms with Crippen LogP contribution in [-0.4, -0.2) is 34.1 Å². The minimum absolute atomic E-state index is 0.195. The van der Waals surface area contributed by atoms with E-state index in [9.17, 15) is 15.2 Å². The van der Waals surface area contributed by atoms with E-state index < -0.39 is 0 Å². The van der Waals surface area contributed by atoms with E-state index in [-0.39, 0.29) is 16.7 Å². The highest BCUT2D eigenvalue weighted by molar-refractivity contribution is 5.42. The zero-order chi connectivity index (χ0) is 13.1. The maximum absolute atomic E-state index is 11.0. The van der Waals surface area contributed by atoms with Crippen molar-refractivity contribution in [2.24, 2.45) is 0 Å². The summed E-state index contributed by atoms with van der Waals surface area (Å²) >= 11 is 0. The lowest BCUT2D eigenvalue weighted by atomic mass is 10.1. The first-order chi connectivity index (χ1) is 8.56. The maximum Gasteiger partial charge on any atom is 0.274 e. The molecule has 0 amide bonds. The number of piperidine rings is 1. The largest absolute Gasteiger partial charge is 0.393 e. The lowest BCUT2D eigenvalue weighted by molar-refractivity contribution is -0.385. The molecule has 0 spiro atoms. The van der Waals surface area contributed by atoms with Crippen molar-refractivity contribution in [1.82, 2.24) is 4.90 Å². The van der Waals surface area contributed by atoms with Gasteiger partial charge in [0.05, 0.1) is 11.0 Å². The van der Waals surface area contributed by atoms with Crippen LogP contribution in [0.25, 0.3) is 0 Å². The summed E-state index contributed by atoms with van der Waals surface area (Å²) in [5.41, 5.74) is 1.85. The normalized spacial score (nSPS) is 17.9. The molecule has 1 N–H and O–H groups in total. The molecular formula is C13H18N2O3. The smallest absolute Gasteiger partial charge is 0.274 e. The van der Waals surface area contributed by atoms with Crippen molar-refractivity contribution in [3.05, 3.63) is 39.4 Å². The van der Waals surface area contributed by atoms with Crippen molar-refractivity contribution < 1.29 is 10.0 Å². The molecule has 5 heteroatoms. The van der Waals surface area contributed by atoms with Crippen molar-refractivity contribution in [3.63, 3.8) is 0 Å². The van der Waals surface area contributed by atoms with Crippen LogP contribution in [0.5, 0.6) is 0 Å². The highest BCUT2D eigenvalue weighted by atomic mass is 16.6. The van der Waals surface area contributed by atoms with Crippen molar-refractivity contribution in [3.8, 4) is 0 Å². The van der Waals surface area contributed by atoms with Gasteiger partial charge in [-0.25, -0.2) is 0 Å². The summed E-state index contributed by atoms with van der Waals surface area (Å²) in [5.74, 6) is 0. The summed E-state index contributed by atoms with van der Waals surface area (Å²) in [7, 11) is 0. The van der Waals surface area contributed by atoms with E-state index in [2.05, 4.69) is 4.90 Å². The Bertz CT molecular complexity index is 440. The fourth-order valence-electron chi connectivity index (χ4n) is 2.30. The van der Waals surface area contributed by atoms with Crippen LogP contribution in [0.3, 0.4) is 0 Å². The van der Waals surface area contributed by atoms with Gasteiger partial charge in [-0.1, -0.05) is 12.1 Å². The number of hydrogen-bond donors (Lipinski definition) is 1. The van der Waals surface area contributed by atoms with Crippen molar-refractivity contribution >= 4 is 5.69 Å². The zero-order valence-corrected chi connectivity index (χ0v) is 10.5. The Labute approximate surface area is 106 Å². The molecule has 0 aliphatic carbocycles. The minimum Gasteiger partial charge on any atom is -0.393 e. The number of likely N-dealkylation sites (tertiary alicyclic amines) is 1. The Morgan fingerprint density at radius 3 is 2.72 bits per heavy atom. The molecule has 1 saturated heterocycles. The number of nitrogens with zero attached hydrogens (tertiary/aromatic N) is 2. The van der Waals surface area contributed by atoms with Crippen LogP contribution in [0.15, 0.2) is 18.2 Å². The van der Waals surface area contributed by atoms with Crippen LogP contribution in [0.4, 0.5) is 5.69 Å². The maximum atomic E-state index is 11.0. The highest BCUT2D eigenvalue weighted by Gasteiger charge is 2.20. The molecule has 98 valence electrons. The van der Waals surface area contributed by atoms with E-state index in [4.69, 9.17) is 0 Å². The topological polar surface area (TPSA) is 66.6 Å². The Kier molecular flexibility index (Phi) is 3.93. The van der Waals surface area contributed by atoms with Gasteiger partial charge in [-0.3, -0.25) is 15.0 Å². The average Bonchev–Trinajstić information content (AvgIpc) is 2.34. The number of rotatable bonds is 3. The van der Waals surface area contributed by atoms with E-state index >= 15 is 0 Å². The number of benzene rings is 1. The van der Waals surface area contributed by atoms with Crippen molar-refractivity contribution in [2.45, 2.75) is 32.4 Å². The molecule has 0 radical (unpaired) electrons. The molecule has 2 rings (SSSR count). The van der Waals surface area contributed by atoms with Gasteiger partial charge in [0.25, 0.3) is 5.69 Å². The fraction of sp³-hybridized carbons (Fsp3) is 0.538. The molecule has 0 bridgehead atoms.